The van der Waals surface area contributed by atoms with Crippen molar-refractivity contribution in [2.75, 3.05) is 6.61 Å². The molecule has 0 N–H and O–H groups in total. The largest absolute Gasteiger partial charge is 0.277 e. The maximum absolute atomic E-state index is 9.97. The van der Waals surface area contributed by atoms with Crippen molar-refractivity contribution in [1.82, 2.24) is 0 Å². The van der Waals surface area contributed by atoms with Gasteiger partial charge in [0.15, 0.2) is 0 Å². The van der Waals surface area contributed by atoms with Crippen LogP contribution in [0.25, 0.3) is 0 Å². The third-order valence-corrected chi connectivity index (χ3v) is 1.25. The van der Waals surface area contributed by atoms with Crippen molar-refractivity contribution in [2.45, 2.75) is 6.92 Å². The van der Waals surface area contributed by atoms with Gasteiger partial charge < -0.3 is 0 Å². The zero-order valence-electron chi connectivity index (χ0n) is 3.92. The second-order valence-electron chi connectivity index (χ2n) is 0.899. The minimum atomic E-state index is -3.26. The maximum Gasteiger partial charge on any atom is 0.277 e. The molecule has 7 heavy (non-hydrogen) atoms. The van der Waals surface area contributed by atoms with Crippen LogP contribution in [0.15, 0.2) is 0 Å². The summed E-state index contributed by atoms with van der Waals surface area (Å²) in [6.07, 6.45) is 0. The average molecular weight is 142 g/mol. The summed E-state index contributed by atoms with van der Waals surface area (Å²) in [7, 11) is -1.67. The van der Waals surface area contributed by atoms with Gasteiger partial charge in [-0.05, 0) is 6.92 Å². The summed E-state index contributed by atoms with van der Waals surface area (Å²) in [5, 5.41) is 0. The molecule has 0 aliphatic carbocycles. The fraction of sp³-hybridized carbons (Fsp3) is 1.00. The molecule has 0 aromatic carbocycles. The van der Waals surface area contributed by atoms with E-state index in [9.17, 15) is 8.42 Å². The van der Waals surface area contributed by atoms with Crippen molar-refractivity contribution in [3.05, 3.63) is 0 Å². The van der Waals surface area contributed by atoms with E-state index in [2.05, 4.69) is 4.18 Å². The Kier molecular flexibility index (Phi) is 2.73. The Morgan fingerprint density at radius 3 is 2.14 bits per heavy atom. The fourth-order valence-electron chi connectivity index (χ4n) is 0.164. The van der Waals surface area contributed by atoms with Gasteiger partial charge in [0.1, 0.15) is 0 Å². The van der Waals surface area contributed by atoms with Crippen LogP contribution in [0.4, 0.5) is 0 Å². The predicted molar refractivity (Wildman–Crippen MR) is 30.3 cm³/mol. The van der Waals surface area contributed by atoms with Crippen molar-refractivity contribution >= 4 is 18.2 Å². The molecule has 0 fully saturated rings. The number of hydrogen-bond donors (Lipinski definition) is 0. The first-order valence-electron chi connectivity index (χ1n) is 1.73. The summed E-state index contributed by atoms with van der Waals surface area (Å²) < 4.78 is 24.1. The highest BCUT2D eigenvalue weighted by Crippen LogP contribution is 2.00. The van der Waals surface area contributed by atoms with Gasteiger partial charge in [-0.2, -0.15) is 8.42 Å². The van der Waals surface area contributed by atoms with Crippen LogP contribution in [0.5, 0.6) is 0 Å². The normalized spacial score (nSPS) is 11.7. The number of hydrogen-bond acceptors (Lipinski definition) is 3. The Hall–Kier alpha value is 0.340. The quantitative estimate of drug-likeness (QED) is 0.515. The summed E-state index contributed by atoms with van der Waals surface area (Å²) in [5.74, 6) is 0. The molecule has 0 saturated carbocycles. The lowest BCUT2D eigenvalue weighted by Gasteiger charge is -1.90. The zero-order chi connectivity index (χ0) is 5.91. The summed E-state index contributed by atoms with van der Waals surface area (Å²) in [4.78, 5) is 0. The first-order chi connectivity index (χ1) is 3.06. The van der Waals surface area contributed by atoms with Gasteiger partial charge in [0.25, 0.3) is 9.74 Å². The van der Waals surface area contributed by atoms with Crippen molar-refractivity contribution in [3.8, 4) is 0 Å². The Morgan fingerprint density at radius 1 is 1.71 bits per heavy atom. The standard InChI is InChI=1S/C2H7O3PS/c1-2-5-7(3,4)6/h2,6H2,1H3. The third kappa shape index (κ3) is 6.34. The summed E-state index contributed by atoms with van der Waals surface area (Å²) in [5.41, 5.74) is 0. The molecule has 0 rings (SSSR count). The van der Waals surface area contributed by atoms with E-state index in [4.69, 9.17) is 0 Å². The molecule has 0 aliphatic rings. The van der Waals surface area contributed by atoms with E-state index in [1.165, 1.54) is 0 Å². The predicted octanol–water partition coefficient (Wildman–Crippen LogP) is 0.143. The second kappa shape index (κ2) is 2.60. The summed E-state index contributed by atoms with van der Waals surface area (Å²) >= 11 is 0. The molecule has 0 bridgehead atoms. The van der Waals surface area contributed by atoms with Gasteiger partial charge in [-0.15, -0.1) is 0 Å². The van der Waals surface area contributed by atoms with E-state index < -0.39 is 9.74 Å². The smallest absolute Gasteiger partial charge is 0.268 e. The molecule has 0 radical (unpaired) electrons. The van der Waals surface area contributed by atoms with Gasteiger partial charge in [-0.25, -0.2) is 0 Å². The van der Waals surface area contributed by atoms with Gasteiger partial charge in [0.05, 0.1) is 6.61 Å². The third-order valence-electron chi connectivity index (χ3n) is 0.282. The van der Waals surface area contributed by atoms with E-state index in [1.807, 2.05) is 0 Å². The molecule has 1 atom stereocenters. The molecule has 5 heteroatoms. The van der Waals surface area contributed by atoms with Crippen LogP contribution in [0, 0.1) is 0 Å². The van der Waals surface area contributed by atoms with Gasteiger partial charge in [0, 0.05) is 8.44 Å². The van der Waals surface area contributed by atoms with Gasteiger partial charge in [-0.1, -0.05) is 0 Å². The molecule has 0 aromatic rings. The lowest BCUT2D eigenvalue weighted by atomic mass is 10.9. The first kappa shape index (κ1) is 7.34. The van der Waals surface area contributed by atoms with E-state index in [0.29, 0.717) is 0 Å². The van der Waals surface area contributed by atoms with E-state index in [1.54, 1.807) is 15.4 Å². The highest BCUT2D eigenvalue weighted by molar-refractivity contribution is 8.34. The Labute approximate surface area is 45.1 Å². The molecule has 0 aliphatic heterocycles. The average Bonchev–Trinajstić information content (AvgIpc) is 1.30. The van der Waals surface area contributed by atoms with Crippen LogP contribution in [0.2, 0.25) is 0 Å². The van der Waals surface area contributed by atoms with Crippen molar-refractivity contribution in [3.63, 3.8) is 0 Å². The Morgan fingerprint density at radius 2 is 2.14 bits per heavy atom. The van der Waals surface area contributed by atoms with Gasteiger partial charge in [-0.3, -0.25) is 4.18 Å². The van der Waals surface area contributed by atoms with E-state index in [0.717, 1.165) is 0 Å². The van der Waals surface area contributed by atoms with E-state index in [-0.39, 0.29) is 6.61 Å². The molecule has 0 amide bonds. The van der Waals surface area contributed by atoms with E-state index >= 15 is 0 Å². The molecule has 44 valence electrons. The van der Waals surface area contributed by atoms with Crippen LogP contribution in [-0.2, 0) is 13.9 Å². The molecule has 0 spiro atoms. The molecular formula is C2H7O3PS. The minimum absolute atomic E-state index is 0.200. The zero-order valence-corrected chi connectivity index (χ0v) is 5.89. The first-order valence-corrected chi connectivity index (χ1v) is 4.62. The van der Waals surface area contributed by atoms with Crippen molar-refractivity contribution in [2.24, 2.45) is 0 Å². The van der Waals surface area contributed by atoms with Crippen LogP contribution in [0.1, 0.15) is 6.92 Å². The highest BCUT2D eigenvalue weighted by atomic mass is 32.7. The second-order valence-corrected chi connectivity index (χ2v) is 3.85. The fourth-order valence-corrected chi connectivity index (χ4v) is 0.901. The minimum Gasteiger partial charge on any atom is -0.268 e. The highest BCUT2D eigenvalue weighted by Gasteiger charge is 1.94. The van der Waals surface area contributed by atoms with Gasteiger partial charge >= 0.3 is 0 Å². The number of rotatable bonds is 2. The van der Waals surface area contributed by atoms with Crippen molar-refractivity contribution in [1.29, 1.82) is 0 Å². The molecule has 0 aromatic heterocycles. The van der Waals surface area contributed by atoms with Crippen LogP contribution >= 0.6 is 8.44 Å². The van der Waals surface area contributed by atoms with Crippen LogP contribution in [0.3, 0.4) is 0 Å². The topological polar surface area (TPSA) is 43.4 Å². The summed E-state index contributed by atoms with van der Waals surface area (Å²) in [6.45, 7) is 1.81. The molecule has 3 nitrogen and oxygen atoms in total. The van der Waals surface area contributed by atoms with Crippen LogP contribution < -0.4 is 0 Å². The van der Waals surface area contributed by atoms with Crippen molar-refractivity contribution < 1.29 is 12.6 Å². The van der Waals surface area contributed by atoms with Crippen LogP contribution in [-0.4, -0.2) is 15.0 Å². The lowest BCUT2D eigenvalue weighted by molar-refractivity contribution is 0.350. The lowest BCUT2D eigenvalue weighted by Crippen LogP contribution is -1.93. The Bertz CT molecular complexity index is 126. The molecule has 0 saturated heterocycles. The molecule has 1 unspecified atom stereocenters. The Balaban J connectivity index is 3.60. The van der Waals surface area contributed by atoms with Gasteiger partial charge in [0.2, 0.25) is 0 Å². The molecule has 0 heterocycles. The summed E-state index contributed by atoms with van der Waals surface area (Å²) in [6, 6.07) is 0. The molecular weight excluding hydrogens is 135 g/mol. The monoisotopic (exact) mass is 142 g/mol. The maximum atomic E-state index is 9.97. The SMILES string of the molecule is CCOS(=O)(=O)P.